The summed E-state index contributed by atoms with van der Waals surface area (Å²) in [7, 11) is 0. The van der Waals surface area contributed by atoms with Crippen LogP contribution >= 0.6 is 0 Å². The Hall–Kier alpha value is -12.5. The van der Waals surface area contributed by atoms with Crippen molar-refractivity contribution in [2.75, 3.05) is 0 Å². The molecule has 8 aromatic heterocycles. The smallest absolute Gasteiger partial charge is 0.354 e. The molecule has 10 nitrogen and oxygen atoms in total. The molecule has 0 fully saturated rings. The third-order valence-electron chi connectivity index (χ3n) is 19.5. The molecule has 0 aliphatic carbocycles. The number of hydrogen-bond acceptors (Lipinski definition) is 6. The van der Waals surface area contributed by atoms with Crippen LogP contribution in [-0.2, 0) is 21.1 Å². The van der Waals surface area contributed by atoms with Gasteiger partial charge in [-0.15, -0.1) is 0 Å². The molecule has 0 unspecified atom stereocenters. The van der Waals surface area contributed by atoms with Crippen molar-refractivity contribution in [2.24, 2.45) is 0 Å². The van der Waals surface area contributed by atoms with E-state index in [9.17, 15) is 0 Å². The predicted octanol–water partition coefficient (Wildman–Crippen LogP) is 23.3. The Labute approximate surface area is 612 Å². The van der Waals surface area contributed by atoms with Crippen LogP contribution in [0.5, 0.6) is 0 Å². The number of H-pyrrole nitrogens is 4. The van der Waals surface area contributed by atoms with E-state index in [2.05, 4.69) is 314 Å². The molecular formula is C92H70N10Pt+2. The van der Waals surface area contributed by atoms with E-state index < -0.39 is 0 Å². The molecule has 0 saturated heterocycles. The third-order valence-corrected chi connectivity index (χ3v) is 19.5. The summed E-state index contributed by atoms with van der Waals surface area (Å²) in [6.45, 7) is 12.7. The van der Waals surface area contributed by atoms with Gasteiger partial charge < -0.3 is 19.9 Å². The molecular weight excluding hydrogens is 1440 g/mol. The monoisotopic (exact) mass is 1510 g/mol. The summed E-state index contributed by atoms with van der Waals surface area (Å²) in [5.41, 5.74) is 39.2. The number of benzene rings is 6. The van der Waals surface area contributed by atoms with E-state index >= 15 is 0 Å². The first-order valence-corrected chi connectivity index (χ1v) is 34.5. The first kappa shape index (κ1) is 65.1. The van der Waals surface area contributed by atoms with Crippen molar-refractivity contribution in [2.45, 2.75) is 41.5 Å². The van der Waals surface area contributed by atoms with E-state index in [1.54, 1.807) is 0 Å². The molecule has 0 saturated carbocycles. The van der Waals surface area contributed by atoms with Crippen LogP contribution in [-0.4, -0.2) is 49.8 Å². The molecule has 0 radical (unpaired) electrons. The Balaban J connectivity index is 0.000000158. The summed E-state index contributed by atoms with van der Waals surface area (Å²) in [6.07, 6.45) is 24.4. The number of nitrogens with one attached hydrogen (secondary N) is 4. The molecule has 11 heteroatoms. The zero-order valence-corrected chi connectivity index (χ0v) is 60.0. The molecule has 4 aliphatic rings. The maximum atomic E-state index is 5.39. The molecule has 4 N–H and O–H groups in total. The second kappa shape index (κ2) is 27.6. The van der Waals surface area contributed by atoms with Crippen molar-refractivity contribution in [1.29, 1.82) is 0 Å². The van der Waals surface area contributed by atoms with Crippen LogP contribution in [0.1, 0.15) is 78.9 Å². The summed E-state index contributed by atoms with van der Waals surface area (Å²) in [4.78, 5) is 45.5. The van der Waals surface area contributed by atoms with Gasteiger partial charge in [-0.1, -0.05) is 179 Å². The van der Waals surface area contributed by atoms with Gasteiger partial charge in [0.2, 0.25) is 0 Å². The summed E-state index contributed by atoms with van der Waals surface area (Å²) in [5.74, 6) is 0. The number of rotatable bonds is 8. The van der Waals surface area contributed by atoms with Crippen LogP contribution < -0.4 is 0 Å². The number of aromatic amines is 4. The Morgan fingerprint density at radius 1 is 0.175 bits per heavy atom. The van der Waals surface area contributed by atoms with Gasteiger partial charge in [-0.2, -0.15) is 0 Å². The van der Waals surface area contributed by atoms with E-state index in [0.717, 1.165) is 179 Å². The fraction of sp³-hybridized carbons (Fsp3) is 0.0652. The van der Waals surface area contributed by atoms with Gasteiger partial charge >= 0.3 is 21.1 Å². The fourth-order valence-electron chi connectivity index (χ4n) is 14.2. The van der Waals surface area contributed by atoms with E-state index in [4.69, 9.17) is 19.9 Å². The Bertz CT molecular complexity index is 5650. The largest absolute Gasteiger partial charge is 2.00 e. The van der Waals surface area contributed by atoms with Gasteiger partial charge in [0.25, 0.3) is 0 Å². The SMILES string of the molecule is Cc1ccc(-c2c3nc(c(-c4ccc(C)cc4)c4ccc([nH]4)c(-c4ccc(C)cc4)c4nc(c(-c5ccncc5)c5ccc2[nH]5)C=C4)C=C3)cc1.Cc1ccc(-c2c3nc(c(-c4ccc(C)cc4)c4ccc([nH]4)c(-c4ccc(C)cc4)c4nc(c(-c5ccncc5)c5ccc2[nH]5)C=C4)C=C3)cc1.[Pt+2]. The van der Waals surface area contributed by atoms with Gasteiger partial charge in [0.1, 0.15) is 0 Å². The summed E-state index contributed by atoms with van der Waals surface area (Å²) < 4.78 is 0. The minimum Gasteiger partial charge on any atom is -0.354 e. The minimum atomic E-state index is 0. The van der Waals surface area contributed by atoms with Gasteiger partial charge in [0.05, 0.1) is 45.6 Å². The molecule has 16 bridgehead atoms. The van der Waals surface area contributed by atoms with Crippen molar-refractivity contribution in [3.8, 4) is 89.0 Å². The topological polar surface area (TPSA) is 140 Å². The first-order valence-electron chi connectivity index (χ1n) is 34.5. The summed E-state index contributed by atoms with van der Waals surface area (Å²) >= 11 is 0. The standard InChI is InChI=1S/2C46H35N5.Pt/c2*1-28-4-10-31(11-5-28)43-35-16-18-37(48-35)44(32-12-6-29(2)7-13-32)39-20-22-41(50-39)46(34-24-26-47-27-25-34)42-23-21-40(51-42)45(38-19-17-36(43)49-38)33-14-8-30(3)9-15-33;/h2*4-27,48,51H,1-3H3;/q;;+2. The van der Waals surface area contributed by atoms with Gasteiger partial charge in [-0.3, -0.25) is 9.97 Å². The van der Waals surface area contributed by atoms with Crippen molar-refractivity contribution in [1.82, 2.24) is 49.8 Å². The van der Waals surface area contributed by atoms with Crippen molar-refractivity contribution in [3.05, 3.63) is 322 Å². The zero-order valence-electron chi connectivity index (χ0n) is 57.7. The Kier molecular flexibility index (Phi) is 17.4. The summed E-state index contributed by atoms with van der Waals surface area (Å²) in [5, 5.41) is 0. The Morgan fingerprint density at radius 2 is 0.311 bits per heavy atom. The number of pyridine rings is 2. The number of aryl methyl sites for hydroxylation is 6. The second-order valence-corrected chi connectivity index (χ2v) is 26.7. The molecule has 14 aromatic rings. The average molecular weight is 1510 g/mol. The molecule has 0 atom stereocenters. The van der Waals surface area contributed by atoms with Crippen molar-refractivity contribution < 1.29 is 21.1 Å². The van der Waals surface area contributed by atoms with Gasteiger partial charge in [-0.05, 0) is 207 Å². The fourth-order valence-corrected chi connectivity index (χ4v) is 14.2. The number of fused-ring (bicyclic) bond motifs is 16. The second-order valence-electron chi connectivity index (χ2n) is 26.7. The van der Waals surface area contributed by atoms with Crippen LogP contribution in [0, 0.1) is 41.5 Å². The quantitative estimate of drug-likeness (QED) is 0.119. The molecule has 12 heterocycles. The van der Waals surface area contributed by atoms with E-state index in [0.29, 0.717) is 0 Å². The van der Waals surface area contributed by atoms with E-state index in [-0.39, 0.29) is 21.1 Å². The number of hydrogen-bond donors (Lipinski definition) is 4. The predicted molar refractivity (Wildman–Crippen MR) is 425 cm³/mol. The van der Waals surface area contributed by atoms with Crippen LogP contribution in [0.2, 0.25) is 0 Å². The van der Waals surface area contributed by atoms with Crippen LogP contribution in [0.3, 0.4) is 0 Å². The normalized spacial score (nSPS) is 11.9. The molecule has 0 amide bonds. The first-order chi connectivity index (χ1) is 50.0. The zero-order chi connectivity index (χ0) is 69.0. The maximum absolute atomic E-state index is 5.39. The van der Waals surface area contributed by atoms with Crippen molar-refractivity contribution in [3.63, 3.8) is 0 Å². The van der Waals surface area contributed by atoms with Gasteiger partial charge in [-0.25, -0.2) is 19.9 Å². The molecule has 6 aromatic carbocycles. The van der Waals surface area contributed by atoms with Crippen LogP contribution in [0.4, 0.5) is 0 Å². The third kappa shape index (κ3) is 12.8. The van der Waals surface area contributed by atoms with Crippen LogP contribution in [0.15, 0.2) is 243 Å². The molecule has 4 aliphatic heterocycles. The van der Waals surface area contributed by atoms with E-state index in [1.807, 2.05) is 49.1 Å². The molecule has 103 heavy (non-hydrogen) atoms. The van der Waals surface area contributed by atoms with Crippen LogP contribution in [0.25, 0.3) is 182 Å². The molecule has 18 rings (SSSR count). The average Bonchev–Trinajstić information content (AvgIpc) is 1.62. The summed E-state index contributed by atoms with van der Waals surface area (Å²) in [6, 6.07) is 77.6. The molecule has 0 spiro atoms. The molecule has 496 valence electrons. The van der Waals surface area contributed by atoms with Crippen molar-refractivity contribution >= 4 is 92.7 Å². The Morgan fingerprint density at radius 3 is 0.456 bits per heavy atom. The maximum Gasteiger partial charge on any atom is 2.00 e. The van der Waals surface area contributed by atoms with Gasteiger partial charge in [0.15, 0.2) is 0 Å². The number of aromatic nitrogens is 10. The minimum absolute atomic E-state index is 0. The van der Waals surface area contributed by atoms with Gasteiger partial charge in [0, 0.05) is 113 Å². The van der Waals surface area contributed by atoms with E-state index in [1.165, 1.54) is 33.4 Å². The number of nitrogens with zero attached hydrogens (tertiary/aromatic N) is 6.